The second-order valence-corrected chi connectivity index (χ2v) is 5.56. The Kier molecular flexibility index (Phi) is 6.37. The summed E-state index contributed by atoms with van der Waals surface area (Å²) < 4.78 is 0. The molecule has 2 heteroatoms. The van der Waals surface area contributed by atoms with Crippen LogP contribution in [-0.4, -0.2) is 30.1 Å². The van der Waals surface area contributed by atoms with Gasteiger partial charge in [0.25, 0.3) is 0 Å². The molecule has 2 N–H and O–H groups in total. The number of hydrogen-bond acceptors (Lipinski definition) is 2. The van der Waals surface area contributed by atoms with E-state index in [1.807, 2.05) is 0 Å². The van der Waals surface area contributed by atoms with Crippen LogP contribution in [0.1, 0.15) is 45.6 Å². The highest BCUT2D eigenvalue weighted by Gasteiger charge is 2.16. The Balaban J connectivity index is 2.59. The first-order chi connectivity index (χ1) is 8.56. The average Bonchev–Trinajstić information content (AvgIpc) is 2.34. The molecule has 0 aliphatic carbocycles. The monoisotopic (exact) mass is 248 g/mol. The lowest BCUT2D eigenvalue weighted by Gasteiger charge is -2.31. The molecule has 0 aromatic heterocycles. The molecule has 0 unspecified atom stereocenters. The molecule has 2 nitrogen and oxygen atoms in total. The minimum absolute atomic E-state index is 0.478. The summed E-state index contributed by atoms with van der Waals surface area (Å²) in [6.45, 7) is 10.9. The number of benzene rings is 1. The van der Waals surface area contributed by atoms with Gasteiger partial charge in [0.15, 0.2) is 0 Å². The van der Waals surface area contributed by atoms with Crippen LogP contribution in [0, 0.1) is 0 Å². The first kappa shape index (κ1) is 15.2. The number of nitrogens with zero attached hydrogens (tertiary/aromatic N) is 1. The summed E-state index contributed by atoms with van der Waals surface area (Å²) in [6.07, 6.45) is 1.14. The smallest absolute Gasteiger partial charge is 0.00412 e. The van der Waals surface area contributed by atoms with Crippen LogP contribution in [0.15, 0.2) is 30.3 Å². The SMILES string of the molecule is CC(C)N(CC[C@@H](CN)c1ccccc1)C(C)C. The van der Waals surface area contributed by atoms with E-state index < -0.39 is 0 Å². The van der Waals surface area contributed by atoms with Crippen molar-refractivity contribution in [3.8, 4) is 0 Å². The molecular formula is C16H28N2. The zero-order valence-electron chi connectivity index (χ0n) is 12.3. The van der Waals surface area contributed by atoms with E-state index >= 15 is 0 Å². The summed E-state index contributed by atoms with van der Waals surface area (Å²) in [4.78, 5) is 2.53. The lowest BCUT2D eigenvalue weighted by molar-refractivity contribution is 0.169. The van der Waals surface area contributed by atoms with Crippen LogP contribution in [0.25, 0.3) is 0 Å². The third-order valence-corrected chi connectivity index (χ3v) is 3.62. The van der Waals surface area contributed by atoms with Gasteiger partial charge < -0.3 is 5.73 Å². The zero-order chi connectivity index (χ0) is 13.5. The largest absolute Gasteiger partial charge is 0.330 e. The van der Waals surface area contributed by atoms with Gasteiger partial charge in [-0.25, -0.2) is 0 Å². The molecule has 1 aromatic rings. The topological polar surface area (TPSA) is 29.3 Å². The van der Waals surface area contributed by atoms with Crippen LogP contribution in [0.2, 0.25) is 0 Å². The van der Waals surface area contributed by atoms with Gasteiger partial charge in [-0.2, -0.15) is 0 Å². The van der Waals surface area contributed by atoms with E-state index in [4.69, 9.17) is 5.73 Å². The van der Waals surface area contributed by atoms with E-state index in [0.29, 0.717) is 18.0 Å². The van der Waals surface area contributed by atoms with Crippen molar-refractivity contribution < 1.29 is 0 Å². The Morgan fingerprint density at radius 3 is 2.00 bits per heavy atom. The van der Waals surface area contributed by atoms with Gasteiger partial charge >= 0.3 is 0 Å². The molecule has 0 aliphatic rings. The average molecular weight is 248 g/mol. The van der Waals surface area contributed by atoms with Gasteiger partial charge in [-0.15, -0.1) is 0 Å². The molecule has 0 radical (unpaired) electrons. The molecule has 0 spiro atoms. The molecule has 18 heavy (non-hydrogen) atoms. The molecule has 102 valence electrons. The van der Waals surface area contributed by atoms with E-state index in [-0.39, 0.29) is 0 Å². The van der Waals surface area contributed by atoms with Gasteiger partial charge in [0, 0.05) is 12.1 Å². The fraction of sp³-hybridized carbons (Fsp3) is 0.625. The second-order valence-electron chi connectivity index (χ2n) is 5.56. The van der Waals surface area contributed by atoms with Crippen molar-refractivity contribution in [2.75, 3.05) is 13.1 Å². The summed E-state index contributed by atoms with van der Waals surface area (Å²) in [7, 11) is 0. The third-order valence-electron chi connectivity index (χ3n) is 3.62. The lowest BCUT2D eigenvalue weighted by atomic mass is 9.95. The van der Waals surface area contributed by atoms with Crippen LogP contribution in [-0.2, 0) is 0 Å². The molecule has 0 amide bonds. The number of nitrogens with two attached hydrogens (primary N) is 1. The van der Waals surface area contributed by atoms with E-state index in [9.17, 15) is 0 Å². The van der Waals surface area contributed by atoms with Crippen LogP contribution in [0.5, 0.6) is 0 Å². The maximum absolute atomic E-state index is 5.92. The summed E-state index contributed by atoms with van der Waals surface area (Å²) in [5, 5.41) is 0. The van der Waals surface area contributed by atoms with Crippen molar-refractivity contribution in [1.82, 2.24) is 4.90 Å². The van der Waals surface area contributed by atoms with Gasteiger partial charge in [-0.3, -0.25) is 4.90 Å². The van der Waals surface area contributed by atoms with Gasteiger partial charge in [0.1, 0.15) is 0 Å². The molecule has 1 atom stereocenters. The van der Waals surface area contributed by atoms with Gasteiger partial charge in [0.05, 0.1) is 0 Å². The van der Waals surface area contributed by atoms with Gasteiger partial charge in [0.2, 0.25) is 0 Å². The van der Waals surface area contributed by atoms with Crippen molar-refractivity contribution in [3.63, 3.8) is 0 Å². The predicted octanol–water partition coefficient (Wildman–Crippen LogP) is 3.24. The molecule has 1 aromatic carbocycles. The molecule has 1 rings (SSSR count). The van der Waals surface area contributed by atoms with Crippen molar-refractivity contribution in [3.05, 3.63) is 35.9 Å². The lowest BCUT2D eigenvalue weighted by Crippen LogP contribution is -2.38. The normalized spacial score (nSPS) is 13.6. The molecule has 0 heterocycles. The van der Waals surface area contributed by atoms with Crippen LogP contribution in [0.4, 0.5) is 0 Å². The zero-order valence-corrected chi connectivity index (χ0v) is 12.3. The predicted molar refractivity (Wildman–Crippen MR) is 79.8 cm³/mol. The van der Waals surface area contributed by atoms with E-state index in [1.54, 1.807) is 0 Å². The van der Waals surface area contributed by atoms with Gasteiger partial charge in [-0.05, 0) is 58.7 Å². The fourth-order valence-corrected chi connectivity index (χ4v) is 2.56. The molecule has 0 bridgehead atoms. The maximum Gasteiger partial charge on any atom is 0.00412 e. The van der Waals surface area contributed by atoms with Crippen molar-refractivity contribution in [2.45, 2.75) is 52.1 Å². The minimum atomic E-state index is 0.478. The molecule has 0 aliphatic heterocycles. The van der Waals surface area contributed by atoms with E-state index in [2.05, 4.69) is 62.9 Å². The highest BCUT2D eigenvalue weighted by Crippen LogP contribution is 2.19. The standard InChI is InChI=1S/C16H28N2/c1-13(2)18(14(3)4)11-10-16(12-17)15-8-6-5-7-9-15/h5-9,13-14,16H,10-12,17H2,1-4H3/t16-/m0/s1. The Morgan fingerprint density at radius 2 is 1.56 bits per heavy atom. The summed E-state index contributed by atoms with van der Waals surface area (Å²) in [6, 6.07) is 11.8. The van der Waals surface area contributed by atoms with Crippen LogP contribution < -0.4 is 5.73 Å². The summed E-state index contributed by atoms with van der Waals surface area (Å²) >= 11 is 0. The number of hydrogen-bond donors (Lipinski definition) is 1. The summed E-state index contributed by atoms with van der Waals surface area (Å²) in [5.41, 5.74) is 7.29. The van der Waals surface area contributed by atoms with Crippen molar-refractivity contribution >= 4 is 0 Å². The van der Waals surface area contributed by atoms with Gasteiger partial charge in [-0.1, -0.05) is 30.3 Å². The van der Waals surface area contributed by atoms with Crippen molar-refractivity contribution in [2.24, 2.45) is 5.73 Å². The Bertz CT molecular complexity index is 311. The Morgan fingerprint density at radius 1 is 1.00 bits per heavy atom. The van der Waals surface area contributed by atoms with Crippen LogP contribution >= 0.6 is 0 Å². The maximum atomic E-state index is 5.92. The highest BCUT2D eigenvalue weighted by atomic mass is 15.2. The third kappa shape index (κ3) is 4.43. The first-order valence-electron chi connectivity index (χ1n) is 7.07. The molecule has 0 saturated heterocycles. The Hall–Kier alpha value is -0.860. The van der Waals surface area contributed by atoms with E-state index in [1.165, 1.54) is 5.56 Å². The minimum Gasteiger partial charge on any atom is -0.330 e. The number of rotatable bonds is 7. The van der Waals surface area contributed by atoms with E-state index in [0.717, 1.165) is 19.5 Å². The van der Waals surface area contributed by atoms with Crippen molar-refractivity contribution in [1.29, 1.82) is 0 Å². The fourth-order valence-electron chi connectivity index (χ4n) is 2.56. The molecule has 0 fully saturated rings. The quantitative estimate of drug-likeness (QED) is 0.802. The highest BCUT2D eigenvalue weighted by molar-refractivity contribution is 5.19. The summed E-state index contributed by atoms with van der Waals surface area (Å²) in [5.74, 6) is 0.478. The molecular weight excluding hydrogens is 220 g/mol. The molecule has 0 saturated carbocycles. The second kappa shape index (κ2) is 7.55. The van der Waals surface area contributed by atoms with Crippen LogP contribution in [0.3, 0.4) is 0 Å². The first-order valence-corrected chi connectivity index (χ1v) is 7.07. The Labute approximate surface area is 112 Å².